The standard InChI is InChI=1S/C18H19N/c1-12-4-6-14-15-7-5-13(19)11-17(15)18(16(14)10-12)8-2-3-9-18/h4-7,10-11H,2-3,8-9,19H2,1H3. The average Bonchev–Trinajstić information content (AvgIpc) is 2.97. The van der Waals surface area contributed by atoms with E-state index in [-0.39, 0.29) is 5.41 Å². The van der Waals surface area contributed by atoms with Gasteiger partial charge in [-0.25, -0.2) is 0 Å². The largest absolute Gasteiger partial charge is 0.399 e. The van der Waals surface area contributed by atoms with Gasteiger partial charge >= 0.3 is 0 Å². The number of nitrogen functional groups attached to an aromatic ring is 1. The fraction of sp³-hybridized carbons (Fsp3) is 0.333. The molecule has 0 saturated heterocycles. The van der Waals surface area contributed by atoms with Gasteiger partial charge < -0.3 is 5.73 Å². The normalized spacial score (nSPS) is 18.6. The molecular weight excluding hydrogens is 230 g/mol. The molecule has 1 fully saturated rings. The lowest BCUT2D eigenvalue weighted by molar-refractivity contribution is 0.550. The smallest absolute Gasteiger partial charge is 0.0317 e. The van der Waals surface area contributed by atoms with Gasteiger partial charge in [-0.1, -0.05) is 42.7 Å². The van der Waals surface area contributed by atoms with E-state index in [1.165, 1.54) is 47.9 Å². The van der Waals surface area contributed by atoms with E-state index in [2.05, 4.69) is 37.3 Å². The zero-order chi connectivity index (χ0) is 13.0. The molecule has 19 heavy (non-hydrogen) atoms. The minimum atomic E-state index is 0.256. The maximum atomic E-state index is 6.05. The Balaban J connectivity index is 2.07. The van der Waals surface area contributed by atoms with Crippen LogP contribution in [0.1, 0.15) is 42.4 Å². The SMILES string of the molecule is Cc1ccc2c(c1)C1(CCCC1)c1cc(N)ccc1-2. The van der Waals surface area contributed by atoms with Gasteiger partial charge in [-0.05, 0) is 54.2 Å². The third-order valence-electron chi connectivity index (χ3n) is 5.00. The van der Waals surface area contributed by atoms with Crippen LogP contribution in [0.2, 0.25) is 0 Å². The molecule has 0 atom stereocenters. The number of anilines is 1. The highest BCUT2D eigenvalue weighted by atomic mass is 14.6. The van der Waals surface area contributed by atoms with E-state index >= 15 is 0 Å². The number of aryl methyl sites for hydroxylation is 1. The van der Waals surface area contributed by atoms with Gasteiger partial charge in [-0.15, -0.1) is 0 Å². The molecule has 2 aliphatic carbocycles. The van der Waals surface area contributed by atoms with Crippen LogP contribution in [0.3, 0.4) is 0 Å². The molecule has 0 heterocycles. The first-order chi connectivity index (χ1) is 9.21. The van der Waals surface area contributed by atoms with Crippen LogP contribution in [0, 0.1) is 6.92 Å². The van der Waals surface area contributed by atoms with Gasteiger partial charge in [0, 0.05) is 11.1 Å². The molecule has 0 bridgehead atoms. The first-order valence-electron chi connectivity index (χ1n) is 7.22. The molecule has 0 amide bonds. The zero-order valence-electron chi connectivity index (χ0n) is 11.4. The van der Waals surface area contributed by atoms with Crippen molar-refractivity contribution < 1.29 is 0 Å². The first-order valence-corrected chi connectivity index (χ1v) is 7.22. The van der Waals surface area contributed by atoms with E-state index in [0.717, 1.165) is 5.69 Å². The number of hydrogen-bond acceptors (Lipinski definition) is 1. The van der Waals surface area contributed by atoms with Crippen molar-refractivity contribution in [1.82, 2.24) is 0 Å². The number of hydrogen-bond donors (Lipinski definition) is 1. The summed E-state index contributed by atoms with van der Waals surface area (Å²) < 4.78 is 0. The minimum absolute atomic E-state index is 0.256. The van der Waals surface area contributed by atoms with E-state index in [1.54, 1.807) is 5.56 Å². The Morgan fingerprint density at radius 2 is 1.53 bits per heavy atom. The zero-order valence-corrected chi connectivity index (χ0v) is 11.4. The summed E-state index contributed by atoms with van der Waals surface area (Å²) in [4.78, 5) is 0. The highest BCUT2D eigenvalue weighted by Crippen LogP contribution is 2.57. The third kappa shape index (κ3) is 1.36. The maximum Gasteiger partial charge on any atom is 0.0317 e. The molecule has 96 valence electrons. The van der Waals surface area contributed by atoms with Gasteiger partial charge in [0.15, 0.2) is 0 Å². The van der Waals surface area contributed by atoms with Crippen LogP contribution in [0.15, 0.2) is 36.4 Å². The summed E-state index contributed by atoms with van der Waals surface area (Å²) in [6, 6.07) is 13.4. The second kappa shape index (κ2) is 3.63. The highest BCUT2D eigenvalue weighted by Gasteiger charge is 2.44. The van der Waals surface area contributed by atoms with E-state index in [1.807, 2.05) is 6.07 Å². The molecule has 2 aromatic rings. The fourth-order valence-electron chi connectivity index (χ4n) is 4.14. The van der Waals surface area contributed by atoms with E-state index in [4.69, 9.17) is 5.73 Å². The van der Waals surface area contributed by atoms with Crippen molar-refractivity contribution in [3.8, 4) is 11.1 Å². The molecule has 4 rings (SSSR count). The van der Waals surface area contributed by atoms with Gasteiger partial charge in [0.2, 0.25) is 0 Å². The van der Waals surface area contributed by atoms with Crippen molar-refractivity contribution in [1.29, 1.82) is 0 Å². The number of nitrogens with two attached hydrogens (primary N) is 1. The molecule has 0 radical (unpaired) electrons. The van der Waals surface area contributed by atoms with Crippen LogP contribution < -0.4 is 5.73 Å². The molecule has 1 spiro atoms. The van der Waals surface area contributed by atoms with Gasteiger partial charge in [0.25, 0.3) is 0 Å². The maximum absolute atomic E-state index is 6.05. The average molecular weight is 249 g/mol. The van der Waals surface area contributed by atoms with Crippen molar-refractivity contribution in [3.63, 3.8) is 0 Å². The lowest BCUT2D eigenvalue weighted by atomic mass is 9.76. The Morgan fingerprint density at radius 3 is 2.26 bits per heavy atom. The Morgan fingerprint density at radius 1 is 0.895 bits per heavy atom. The molecule has 2 N–H and O–H groups in total. The molecule has 2 aliphatic rings. The lowest BCUT2D eigenvalue weighted by Crippen LogP contribution is -2.20. The Bertz CT molecular complexity index is 610. The van der Waals surface area contributed by atoms with E-state index in [9.17, 15) is 0 Å². The second-order valence-electron chi connectivity index (χ2n) is 6.14. The molecular formula is C18H19N. The quantitative estimate of drug-likeness (QED) is 0.687. The Labute approximate surface area is 114 Å². The summed E-state index contributed by atoms with van der Waals surface area (Å²) in [7, 11) is 0. The van der Waals surface area contributed by atoms with E-state index < -0.39 is 0 Å². The molecule has 0 aromatic heterocycles. The van der Waals surface area contributed by atoms with Crippen molar-refractivity contribution in [2.24, 2.45) is 0 Å². The predicted octanol–water partition coefficient (Wildman–Crippen LogP) is 4.42. The topological polar surface area (TPSA) is 26.0 Å². The Hall–Kier alpha value is -1.76. The van der Waals surface area contributed by atoms with Crippen LogP contribution in [-0.2, 0) is 5.41 Å². The lowest BCUT2D eigenvalue weighted by Gasteiger charge is -2.27. The van der Waals surface area contributed by atoms with Gasteiger partial charge in [0.1, 0.15) is 0 Å². The monoisotopic (exact) mass is 249 g/mol. The molecule has 1 heteroatoms. The number of benzene rings is 2. The molecule has 1 nitrogen and oxygen atoms in total. The van der Waals surface area contributed by atoms with Crippen LogP contribution in [0.5, 0.6) is 0 Å². The summed E-state index contributed by atoms with van der Waals surface area (Å²) in [5.41, 5.74) is 14.4. The van der Waals surface area contributed by atoms with Gasteiger partial charge in [-0.3, -0.25) is 0 Å². The summed E-state index contributed by atoms with van der Waals surface area (Å²) >= 11 is 0. The summed E-state index contributed by atoms with van der Waals surface area (Å²) in [5, 5.41) is 0. The number of fused-ring (bicyclic) bond motifs is 5. The van der Waals surface area contributed by atoms with Gasteiger partial charge in [-0.2, -0.15) is 0 Å². The van der Waals surface area contributed by atoms with Crippen LogP contribution in [-0.4, -0.2) is 0 Å². The molecule has 0 unspecified atom stereocenters. The summed E-state index contributed by atoms with van der Waals surface area (Å²) in [5.74, 6) is 0. The van der Waals surface area contributed by atoms with Crippen LogP contribution >= 0.6 is 0 Å². The van der Waals surface area contributed by atoms with Crippen molar-refractivity contribution in [2.45, 2.75) is 38.0 Å². The molecule has 2 aromatic carbocycles. The van der Waals surface area contributed by atoms with Crippen molar-refractivity contribution in [2.75, 3.05) is 5.73 Å². The first kappa shape index (κ1) is 11.1. The second-order valence-corrected chi connectivity index (χ2v) is 6.14. The van der Waals surface area contributed by atoms with Crippen LogP contribution in [0.25, 0.3) is 11.1 Å². The molecule has 0 aliphatic heterocycles. The van der Waals surface area contributed by atoms with Gasteiger partial charge in [0.05, 0.1) is 0 Å². The predicted molar refractivity (Wildman–Crippen MR) is 80.3 cm³/mol. The molecule has 1 saturated carbocycles. The highest BCUT2D eigenvalue weighted by molar-refractivity contribution is 5.83. The minimum Gasteiger partial charge on any atom is -0.399 e. The number of rotatable bonds is 0. The fourth-order valence-corrected chi connectivity index (χ4v) is 4.14. The third-order valence-corrected chi connectivity index (χ3v) is 5.00. The van der Waals surface area contributed by atoms with E-state index in [0.29, 0.717) is 0 Å². The summed E-state index contributed by atoms with van der Waals surface area (Å²) in [6.07, 6.45) is 5.23. The van der Waals surface area contributed by atoms with Crippen molar-refractivity contribution in [3.05, 3.63) is 53.1 Å². The Kier molecular flexibility index (Phi) is 2.12. The van der Waals surface area contributed by atoms with Crippen molar-refractivity contribution >= 4 is 5.69 Å². The summed E-state index contributed by atoms with van der Waals surface area (Å²) in [6.45, 7) is 2.19. The van der Waals surface area contributed by atoms with Crippen LogP contribution in [0.4, 0.5) is 5.69 Å².